The molecular formula is C20H17N5OS. The number of pyridine rings is 1. The molecule has 0 radical (unpaired) electrons. The van der Waals surface area contributed by atoms with E-state index in [1.54, 1.807) is 17.1 Å². The summed E-state index contributed by atoms with van der Waals surface area (Å²) in [5, 5.41) is 13.7. The lowest BCUT2D eigenvalue weighted by molar-refractivity contribution is 0.601. The van der Waals surface area contributed by atoms with Crippen LogP contribution in [-0.2, 0) is 18.4 Å². The van der Waals surface area contributed by atoms with Gasteiger partial charge in [-0.3, -0.25) is 9.67 Å². The largest absolute Gasteiger partial charge is 0.588 e. The van der Waals surface area contributed by atoms with E-state index in [0.717, 1.165) is 28.1 Å². The third kappa shape index (κ3) is 3.42. The van der Waals surface area contributed by atoms with Gasteiger partial charge in [-0.05, 0) is 23.6 Å². The molecule has 7 heteroatoms. The number of anilines is 1. The molecule has 1 unspecified atom stereocenters. The molecule has 2 aromatic heterocycles. The van der Waals surface area contributed by atoms with Gasteiger partial charge in [-0.2, -0.15) is 5.10 Å². The zero-order valence-electron chi connectivity index (χ0n) is 14.6. The van der Waals surface area contributed by atoms with Crippen LogP contribution in [0.2, 0.25) is 0 Å². The van der Waals surface area contributed by atoms with Gasteiger partial charge in [-0.25, -0.2) is 4.72 Å². The second-order valence-electron chi connectivity index (χ2n) is 6.05. The summed E-state index contributed by atoms with van der Waals surface area (Å²) in [5.41, 5.74) is 2.71. The lowest BCUT2D eigenvalue weighted by Crippen LogP contribution is -2.15. The highest BCUT2D eigenvalue weighted by atomic mass is 32.2. The number of aryl methyl sites for hydroxylation is 1. The van der Waals surface area contributed by atoms with Gasteiger partial charge in [-0.1, -0.05) is 30.3 Å². The lowest BCUT2D eigenvalue weighted by Gasteiger charge is -2.15. The number of aromatic nitrogens is 3. The fraction of sp³-hybridized carbons (Fsp3) is 0.0500. The number of hydrogen-bond donors (Lipinski definition) is 2. The zero-order valence-corrected chi connectivity index (χ0v) is 15.4. The minimum Gasteiger partial charge on any atom is -0.588 e. The average molecular weight is 375 g/mol. The van der Waals surface area contributed by atoms with E-state index in [1.807, 2.05) is 61.8 Å². The summed E-state index contributed by atoms with van der Waals surface area (Å²) in [6.07, 6.45) is 6.46. The first-order valence-electron chi connectivity index (χ1n) is 8.31. The first-order chi connectivity index (χ1) is 13.2. The molecule has 2 heterocycles. The summed E-state index contributed by atoms with van der Waals surface area (Å²) < 4.78 is 17.8. The van der Waals surface area contributed by atoms with E-state index in [2.05, 4.69) is 14.8 Å². The molecule has 2 N–H and O–H groups in total. The third-order valence-electron chi connectivity index (χ3n) is 4.25. The Morgan fingerprint density at radius 3 is 2.70 bits per heavy atom. The average Bonchev–Trinajstić information content (AvgIpc) is 3.14. The van der Waals surface area contributed by atoms with Crippen LogP contribution < -0.4 is 4.72 Å². The number of rotatable bonds is 5. The van der Waals surface area contributed by atoms with Crippen molar-refractivity contribution in [3.05, 3.63) is 72.8 Å². The summed E-state index contributed by atoms with van der Waals surface area (Å²) in [5.74, 6) is 0. The number of benzene rings is 2. The maximum absolute atomic E-state index is 13.0. The van der Waals surface area contributed by atoms with Crippen LogP contribution in [0, 0.1) is 5.41 Å². The maximum atomic E-state index is 13.0. The molecule has 6 nitrogen and oxygen atoms in total. The van der Waals surface area contributed by atoms with Crippen molar-refractivity contribution in [1.82, 2.24) is 14.8 Å². The highest BCUT2D eigenvalue weighted by Crippen LogP contribution is 2.28. The second kappa shape index (κ2) is 7.22. The van der Waals surface area contributed by atoms with Crippen LogP contribution in [0.4, 0.5) is 5.69 Å². The first kappa shape index (κ1) is 17.3. The molecule has 0 aliphatic carbocycles. The van der Waals surface area contributed by atoms with Crippen LogP contribution in [0.25, 0.3) is 21.9 Å². The highest BCUT2D eigenvalue weighted by Gasteiger charge is 2.18. The fourth-order valence-electron chi connectivity index (χ4n) is 2.91. The summed E-state index contributed by atoms with van der Waals surface area (Å²) >= 11 is -1.49. The summed E-state index contributed by atoms with van der Waals surface area (Å²) in [6.45, 7) is 0. The van der Waals surface area contributed by atoms with E-state index in [9.17, 15) is 4.55 Å². The Morgan fingerprint density at radius 1 is 1.11 bits per heavy atom. The van der Waals surface area contributed by atoms with Crippen molar-refractivity contribution < 1.29 is 4.55 Å². The molecule has 0 saturated carbocycles. The molecule has 27 heavy (non-hydrogen) atoms. The van der Waals surface area contributed by atoms with E-state index in [4.69, 9.17) is 5.41 Å². The summed E-state index contributed by atoms with van der Waals surface area (Å²) in [7, 11) is 1.84. The quantitative estimate of drug-likeness (QED) is 0.410. The fourth-order valence-corrected chi connectivity index (χ4v) is 3.97. The Kier molecular flexibility index (Phi) is 4.62. The van der Waals surface area contributed by atoms with Crippen LogP contribution in [-0.4, -0.2) is 25.5 Å². The Balaban J connectivity index is 1.71. The monoisotopic (exact) mass is 375 g/mol. The molecule has 1 atom stereocenters. The number of nitrogens with zero attached hydrogens (tertiary/aromatic N) is 3. The minimum atomic E-state index is -1.49. The van der Waals surface area contributed by atoms with Gasteiger partial charge in [0.2, 0.25) is 0 Å². The molecular weight excluding hydrogens is 358 g/mol. The van der Waals surface area contributed by atoms with E-state index in [-0.39, 0.29) is 0 Å². The summed E-state index contributed by atoms with van der Waals surface area (Å²) in [6, 6.07) is 15.4. The Morgan fingerprint density at radius 2 is 1.93 bits per heavy atom. The predicted octanol–water partition coefficient (Wildman–Crippen LogP) is 3.77. The smallest absolute Gasteiger partial charge is 0.187 e. The molecule has 0 saturated heterocycles. The van der Waals surface area contributed by atoms with E-state index in [1.165, 1.54) is 0 Å². The van der Waals surface area contributed by atoms with Crippen molar-refractivity contribution in [3.8, 4) is 11.1 Å². The Hall–Kier alpha value is -3.16. The number of hydrogen-bond acceptors (Lipinski definition) is 5. The summed E-state index contributed by atoms with van der Waals surface area (Å²) in [4.78, 5) is 5.01. The van der Waals surface area contributed by atoms with Gasteiger partial charge in [0, 0.05) is 42.2 Å². The predicted molar refractivity (Wildman–Crippen MR) is 108 cm³/mol. The van der Waals surface area contributed by atoms with Crippen LogP contribution in [0.3, 0.4) is 0 Å². The maximum Gasteiger partial charge on any atom is 0.187 e. The Labute approximate surface area is 159 Å². The van der Waals surface area contributed by atoms with Crippen molar-refractivity contribution in [2.45, 2.75) is 4.90 Å². The lowest BCUT2D eigenvalue weighted by atomic mass is 10.1. The highest BCUT2D eigenvalue weighted by molar-refractivity contribution is 7.93. The molecule has 134 valence electrons. The zero-order chi connectivity index (χ0) is 18.8. The van der Waals surface area contributed by atoms with Gasteiger partial charge in [0.25, 0.3) is 0 Å². The van der Waals surface area contributed by atoms with Crippen molar-refractivity contribution in [3.63, 3.8) is 0 Å². The van der Waals surface area contributed by atoms with E-state index in [0.29, 0.717) is 16.3 Å². The molecule has 4 aromatic rings. The number of nitrogens with one attached hydrogen (secondary N) is 2. The molecule has 4 rings (SSSR count). The Bertz CT molecular complexity index is 1120. The molecule has 0 bridgehead atoms. The molecule has 0 amide bonds. The third-order valence-corrected chi connectivity index (χ3v) is 5.41. The first-order valence-corrected chi connectivity index (χ1v) is 9.46. The topological polar surface area (TPSA) is 89.7 Å². The molecule has 0 spiro atoms. The second-order valence-corrected chi connectivity index (χ2v) is 7.23. The normalized spacial score (nSPS) is 12.1. The molecule has 0 aliphatic rings. The van der Waals surface area contributed by atoms with Gasteiger partial charge in [-0.15, -0.1) is 0 Å². The van der Waals surface area contributed by atoms with Gasteiger partial charge < -0.3 is 9.96 Å². The molecule has 2 aromatic carbocycles. The van der Waals surface area contributed by atoms with Crippen molar-refractivity contribution >= 4 is 34.0 Å². The van der Waals surface area contributed by atoms with Crippen LogP contribution in [0.15, 0.2) is 72.0 Å². The van der Waals surface area contributed by atoms with Crippen molar-refractivity contribution in [1.29, 1.82) is 5.41 Å². The van der Waals surface area contributed by atoms with E-state index < -0.39 is 11.4 Å². The molecule has 0 fully saturated rings. The van der Waals surface area contributed by atoms with Crippen molar-refractivity contribution in [2.75, 3.05) is 4.72 Å². The van der Waals surface area contributed by atoms with Crippen LogP contribution >= 0.6 is 0 Å². The van der Waals surface area contributed by atoms with Gasteiger partial charge in [0.1, 0.15) is 22.7 Å². The minimum absolute atomic E-state index is 0.427. The van der Waals surface area contributed by atoms with Crippen molar-refractivity contribution in [2.24, 2.45) is 7.05 Å². The van der Waals surface area contributed by atoms with Gasteiger partial charge >= 0.3 is 0 Å². The van der Waals surface area contributed by atoms with Crippen LogP contribution in [0.1, 0.15) is 5.69 Å². The SMILES string of the molecule is Cn1cc(-c2cnc(C=N)c(N[S+]([O-])c3cccc4ccccc34)c2)cn1. The van der Waals surface area contributed by atoms with Gasteiger partial charge in [0.05, 0.1) is 6.20 Å². The molecule has 0 aliphatic heterocycles. The number of fused-ring (bicyclic) bond motifs is 1. The van der Waals surface area contributed by atoms with Gasteiger partial charge in [0.15, 0.2) is 4.90 Å². The van der Waals surface area contributed by atoms with Crippen LogP contribution in [0.5, 0.6) is 0 Å². The standard InChI is InChI=1S/C20H17N5OS/c1-25-13-16(12-23-25)15-9-18(19(10-21)22-11-15)24-27(26)20-8-4-6-14-5-2-3-7-17(14)20/h2-13,21,24H,1H3. The van der Waals surface area contributed by atoms with E-state index >= 15 is 0 Å².